The number of halogens is 1. The molecule has 4 atom stereocenters. The predicted molar refractivity (Wildman–Crippen MR) is 151 cm³/mol. The van der Waals surface area contributed by atoms with E-state index in [0.29, 0.717) is 37.3 Å². The zero-order valence-electron chi connectivity index (χ0n) is 22.9. The summed E-state index contributed by atoms with van der Waals surface area (Å²) in [7, 11) is 0. The number of carbonyl (C=O) groups excluding carboxylic acids is 3. The van der Waals surface area contributed by atoms with Gasteiger partial charge >= 0.3 is 6.09 Å². The Labute approximate surface area is 235 Å². The first-order valence-corrected chi connectivity index (χ1v) is 14.0. The van der Waals surface area contributed by atoms with Crippen LogP contribution in [-0.4, -0.2) is 48.2 Å². The van der Waals surface area contributed by atoms with Gasteiger partial charge in [-0.15, -0.1) is 0 Å². The molecular formula is C30H40ClN3O5. The van der Waals surface area contributed by atoms with Gasteiger partial charge in [0, 0.05) is 22.9 Å². The second-order valence-electron chi connectivity index (χ2n) is 10.7. The van der Waals surface area contributed by atoms with Crippen molar-refractivity contribution in [3.8, 4) is 0 Å². The summed E-state index contributed by atoms with van der Waals surface area (Å²) < 4.78 is 6.03. The van der Waals surface area contributed by atoms with Crippen molar-refractivity contribution in [3.63, 3.8) is 0 Å². The van der Waals surface area contributed by atoms with Crippen LogP contribution in [0.4, 0.5) is 4.79 Å². The van der Waals surface area contributed by atoms with Crippen molar-refractivity contribution in [2.45, 2.75) is 76.5 Å². The van der Waals surface area contributed by atoms with Crippen LogP contribution in [0.15, 0.2) is 54.6 Å². The van der Waals surface area contributed by atoms with Gasteiger partial charge in [-0.05, 0) is 42.5 Å². The SMILES string of the molecule is CCCCC(NC(=O)OC(c1ccccc1)C(C)(C)c1cccc(Cl)c1)C(=O)NC(CO)CC1CCNC1=O. The molecule has 1 saturated heterocycles. The fourth-order valence-electron chi connectivity index (χ4n) is 4.96. The van der Waals surface area contributed by atoms with Gasteiger partial charge in [0.15, 0.2) is 0 Å². The molecule has 2 aromatic carbocycles. The van der Waals surface area contributed by atoms with Gasteiger partial charge in [0.2, 0.25) is 11.8 Å². The van der Waals surface area contributed by atoms with E-state index in [2.05, 4.69) is 16.0 Å². The summed E-state index contributed by atoms with van der Waals surface area (Å²) >= 11 is 6.27. The second-order valence-corrected chi connectivity index (χ2v) is 11.1. The van der Waals surface area contributed by atoms with Crippen molar-refractivity contribution >= 4 is 29.5 Å². The minimum atomic E-state index is -0.852. The first-order valence-electron chi connectivity index (χ1n) is 13.6. The number of rotatable bonds is 13. The molecule has 3 amide bonds. The highest BCUT2D eigenvalue weighted by molar-refractivity contribution is 6.30. The van der Waals surface area contributed by atoms with E-state index in [1.807, 2.05) is 69.3 Å². The number of alkyl carbamates (subject to hydrolysis) is 1. The van der Waals surface area contributed by atoms with E-state index in [1.54, 1.807) is 6.07 Å². The summed E-state index contributed by atoms with van der Waals surface area (Å²) in [6.07, 6.45) is 1.57. The monoisotopic (exact) mass is 557 g/mol. The van der Waals surface area contributed by atoms with Crippen LogP contribution in [-0.2, 0) is 19.7 Å². The summed E-state index contributed by atoms with van der Waals surface area (Å²) in [5, 5.41) is 18.8. The highest BCUT2D eigenvalue weighted by atomic mass is 35.5. The van der Waals surface area contributed by atoms with E-state index in [9.17, 15) is 19.5 Å². The van der Waals surface area contributed by atoms with E-state index >= 15 is 0 Å². The molecule has 2 aromatic rings. The molecule has 0 aromatic heterocycles. The van der Waals surface area contributed by atoms with E-state index in [-0.39, 0.29) is 18.4 Å². The number of aliphatic hydroxyl groups is 1. The molecule has 8 nitrogen and oxygen atoms in total. The molecule has 0 saturated carbocycles. The van der Waals surface area contributed by atoms with Gasteiger partial charge in [-0.1, -0.05) is 87.7 Å². The summed E-state index contributed by atoms with van der Waals surface area (Å²) in [5.41, 5.74) is 1.07. The number of unbranched alkanes of at least 4 members (excludes halogenated alkanes) is 1. The lowest BCUT2D eigenvalue weighted by Crippen LogP contribution is -2.51. The third-order valence-corrected chi connectivity index (χ3v) is 7.54. The van der Waals surface area contributed by atoms with E-state index in [4.69, 9.17) is 16.3 Å². The predicted octanol–water partition coefficient (Wildman–Crippen LogP) is 4.65. The zero-order valence-corrected chi connectivity index (χ0v) is 23.7. The van der Waals surface area contributed by atoms with Crippen LogP contribution < -0.4 is 16.0 Å². The molecule has 4 unspecified atom stereocenters. The molecule has 3 rings (SSSR count). The number of aliphatic hydroxyl groups excluding tert-OH is 1. The van der Waals surface area contributed by atoms with Gasteiger partial charge in [-0.3, -0.25) is 9.59 Å². The Hall–Kier alpha value is -3.10. The Morgan fingerprint density at radius 1 is 1.15 bits per heavy atom. The third kappa shape index (κ3) is 8.44. The first-order chi connectivity index (χ1) is 18.6. The number of hydrogen-bond acceptors (Lipinski definition) is 5. The molecule has 1 aliphatic heterocycles. The maximum atomic E-state index is 13.3. The van der Waals surface area contributed by atoms with Crippen molar-refractivity contribution in [2.75, 3.05) is 13.2 Å². The highest BCUT2D eigenvalue weighted by Crippen LogP contribution is 2.40. The molecule has 0 bridgehead atoms. The van der Waals surface area contributed by atoms with Crippen molar-refractivity contribution in [3.05, 3.63) is 70.7 Å². The minimum Gasteiger partial charge on any atom is -0.440 e. The second kappa shape index (κ2) is 14.3. The molecule has 0 radical (unpaired) electrons. The minimum absolute atomic E-state index is 0.0683. The Bertz CT molecular complexity index is 1110. The molecule has 1 aliphatic rings. The van der Waals surface area contributed by atoms with Crippen LogP contribution >= 0.6 is 11.6 Å². The highest BCUT2D eigenvalue weighted by Gasteiger charge is 2.37. The number of ether oxygens (including phenoxy) is 1. The zero-order chi connectivity index (χ0) is 28.4. The van der Waals surface area contributed by atoms with E-state index < -0.39 is 35.6 Å². The standard InChI is InChI=1S/C30H40ClN3O5/c1-4-5-14-25(28(37)33-24(19-35)17-21-15-16-32-27(21)36)34-29(38)39-26(20-10-7-6-8-11-20)30(2,3)22-12-9-13-23(31)18-22/h6-13,18,21,24-26,35H,4-5,14-17,19H2,1-3H3,(H,32,36)(H,33,37)(H,34,38). The molecule has 1 fully saturated rings. The number of benzene rings is 2. The quantitative estimate of drug-likeness (QED) is 0.286. The molecule has 0 aliphatic carbocycles. The summed E-state index contributed by atoms with van der Waals surface area (Å²) in [6.45, 7) is 6.26. The fraction of sp³-hybridized carbons (Fsp3) is 0.500. The number of carbonyl (C=O) groups is 3. The molecule has 1 heterocycles. The Balaban J connectivity index is 1.75. The molecule has 0 spiro atoms. The smallest absolute Gasteiger partial charge is 0.408 e. The Morgan fingerprint density at radius 2 is 1.90 bits per heavy atom. The molecule has 39 heavy (non-hydrogen) atoms. The summed E-state index contributed by atoms with van der Waals surface area (Å²) in [4.78, 5) is 38.5. The average molecular weight is 558 g/mol. The lowest BCUT2D eigenvalue weighted by molar-refractivity contribution is -0.126. The lowest BCUT2D eigenvalue weighted by atomic mass is 9.76. The topological polar surface area (TPSA) is 117 Å². The average Bonchev–Trinajstić information content (AvgIpc) is 3.33. The van der Waals surface area contributed by atoms with Gasteiger partial charge in [0.1, 0.15) is 12.1 Å². The number of amides is 3. The van der Waals surface area contributed by atoms with Crippen molar-refractivity contribution < 1.29 is 24.2 Å². The lowest BCUT2D eigenvalue weighted by Gasteiger charge is -2.35. The third-order valence-electron chi connectivity index (χ3n) is 7.30. The largest absolute Gasteiger partial charge is 0.440 e. The van der Waals surface area contributed by atoms with Crippen molar-refractivity contribution in [1.82, 2.24) is 16.0 Å². The maximum Gasteiger partial charge on any atom is 0.408 e. The van der Waals surface area contributed by atoms with Crippen LogP contribution in [0, 0.1) is 5.92 Å². The van der Waals surface area contributed by atoms with Crippen molar-refractivity contribution in [1.29, 1.82) is 0 Å². The van der Waals surface area contributed by atoms with Gasteiger partial charge in [0.05, 0.1) is 12.6 Å². The molecule has 4 N–H and O–H groups in total. The van der Waals surface area contributed by atoms with Gasteiger partial charge in [-0.2, -0.15) is 0 Å². The molecule has 9 heteroatoms. The molecule has 212 valence electrons. The van der Waals surface area contributed by atoms with Crippen LogP contribution in [0.25, 0.3) is 0 Å². The summed E-state index contributed by atoms with van der Waals surface area (Å²) in [5.74, 6) is -0.737. The molecular weight excluding hydrogens is 518 g/mol. The Kier molecular flexibility index (Phi) is 11.2. The van der Waals surface area contributed by atoms with E-state index in [0.717, 1.165) is 17.5 Å². The maximum absolute atomic E-state index is 13.3. The van der Waals surface area contributed by atoms with Gasteiger partial charge in [0.25, 0.3) is 0 Å². The van der Waals surface area contributed by atoms with Crippen LogP contribution in [0.2, 0.25) is 5.02 Å². The van der Waals surface area contributed by atoms with Gasteiger partial charge < -0.3 is 25.8 Å². The number of nitrogens with one attached hydrogen (secondary N) is 3. The normalized spacial score (nSPS) is 17.6. The number of hydrogen-bond donors (Lipinski definition) is 4. The van der Waals surface area contributed by atoms with Crippen LogP contribution in [0.1, 0.15) is 70.1 Å². The first kappa shape index (κ1) is 30.4. The van der Waals surface area contributed by atoms with Gasteiger partial charge in [-0.25, -0.2) is 4.79 Å². The van der Waals surface area contributed by atoms with Crippen LogP contribution in [0.3, 0.4) is 0 Å². The summed E-state index contributed by atoms with van der Waals surface area (Å²) in [6, 6.07) is 15.5. The van der Waals surface area contributed by atoms with Crippen LogP contribution in [0.5, 0.6) is 0 Å². The van der Waals surface area contributed by atoms with E-state index in [1.165, 1.54) is 0 Å². The fourth-order valence-corrected chi connectivity index (χ4v) is 5.15. The Morgan fingerprint density at radius 3 is 2.51 bits per heavy atom. The van der Waals surface area contributed by atoms with Crippen molar-refractivity contribution in [2.24, 2.45) is 5.92 Å².